The quantitative estimate of drug-likeness (QED) is 0.773. The minimum atomic E-state index is -1.32. The first-order chi connectivity index (χ1) is 10.8. The molecule has 7 nitrogen and oxygen atoms in total. The molecule has 2 N–H and O–H groups in total. The highest BCUT2D eigenvalue weighted by atomic mass is 16.5. The number of hydrogen-bond donors (Lipinski definition) is 2. The summed E-state index contributed by atoms with van der Waals surface area (Å²) in [5.41, 5.74) is -1.56. The van der Waals surface area contributed by atoms with Crippen LogP contribution in [0.25, 0.3) is 11.0 Å². The summed E-state index contributed by atoms with van der Waals surface area (Å²) < 4.78 is 21.3. The fourth-order valence-corrected chi connectivity index (χ4v) is 2.02. The van der Waals surface area contributed by atoms with Crippen LogP contribution in [0.4, 0.5) is 0 Å². The molecule has 0 spiro atoms. The molecule has 126 valence electrons. The van der Waals surface area contributed by atoms with Gasteiger partial charge >= 0.3 is 5.63 Å². The van der Waals surface area contributed by atoms with Gasteiger partial charge in [-0.25, -0.2) is 4.79 Å². The Morgan fingerprint density at radius 3 is 2.43 bits per heavy atom. The third-order valence-corrected chi connectivity index (χ3v) is 3.42. The molecule has 0 saturated carbocycles. The van der Waals surface area contributed by atoms with E-state index in [2.05, 4.69) is 0 Å². The van der Waals surface area contributed by atoms with Crippen molar-refractivity contribution in [3.05, 3.63) is 28.6 Å². The predicted molar refractivity (Wildman–Crippen MR) is 83.4 cm³/mol. The molecule has 0 radical (unpaired) electrons. The van der Waals surface area contributed by atoms with Gasteiger partial charge in [-0.15, -0.1) is 0 Å². The summed E-state index contributed by atoms with van der Waals surface area (Å²) in [6, 6.07) is 4.33. The van der Waals surface area contributed by atoms with Crippen molar-refractivity contribution in [1.82, 2.24) is 0 Å². The molecule has 0 saturated heterocycles. The van der Waals surface area contributed by atoms with E-state index >= 15 is 0 Å². The molecular weight excluding hydrogens is 304 g/mol. The van der Waals surface area contributed by atoms with Gasteiger partial charge in [-0.3, -0.25) is 0 Å². The van der Waals surface area contributed by atoms with E-state index in [9.17, 15) is 15.0 Å². The van der Waals surface area contributed by atoms with Crippen LogP contribution in [-0.2, 0) is 0 Å². The van der Waals surface area contributed by atoms with Crippen LogP contribution < -0.4 is 19.8 Å². The van der Waals surface area contributed by atoms with Crippen LogP contribution in [0.3, 0.4) is 0 Å². The van der Waals surface area contributed by atoms with E-state index in [1.807, 2.05) is 0 Å². The third-order valence-electron chi connectivity index (χ3n) is 3.42. The standard InChI is InChI=1S/C16H20O7/c1-16(2,19)12(17)8-22-11-7-10-9(5-6-13(18)23-10)14(20-3)15(11)21-4/h5-7,12,17,19H,8H2,1-4H3. The van der Waals surface area contributed by atoms with Gasteiger partial charge in [0.05, 0.1) is 25.2 Å². The van der Waals surface area contributed by atoms with Crippen molar-refractivity contribution >= 4 is 11.0 Å². The Kier molecular flexibility index (Phi) is 4.82. The van der Waals surface area contributed by atoms with E-state index in [0.29, 0.717) is 16.9 Å². The topological polar surface area (TPSA) is 98.4 Å². The van der Waals surface area contributed by atoms with E-state index in [0.717, 1.165) is 0 Å². The maximum absolute atomic E-state index is 11.4. The van der Waals surface area contributed by atoms with Crippen molar-refractivity contribution in [3.8, 4) is 17.2 Å². The summed E-state index contributed by atoms with van der Waals surface area (Å²) in [6.07, 6.45) is -1.11. The molecular formula is C16H20O7. The molecule has 0 bridgehead atoms. The second-order valence-corrected chi connectivity index (χ2v) is 5.59. The summed E-state index contributed by atoms with van der Waals surface area (Å²) in [6.45, 7) is 2.77. The van der Waals surface area contributed by atoms with Crippen molar-refractivity contribution in [2.45, 2.75) is 25.6 Å². The van der Waals surface area contributed by atoms with Crippen LogP contribution in [-0.4, -0.2) is 42.7 Å². The summed E-state index contributed by atoms with van der Waals surface area (Å²) in [4.78, 5) is 11.4. The Balaban J connectivity index is 2.48. The lowest BCUT2D eigenvalue weighted by Gasteiger charge is -2.25. The normalized spacial score (nSPS) is 13.0. The van der Waals surface area contributed by atoms with Crippen molar-refractivity contribution in [3.63, 3.8) is 0 Å². The molecule has 2 aromatic rings. The van der Waals surface area contributed by atoms with E-state index in [-0.39, 0.29) is 17.9 Å². The number of rotatable bonds is 6. The van der Waals surface area contributed by atoms with Gasteiger partial charge in [0.15, 0.2) is 11.5 Å². The van der Waals surface area contributed by atoms with Crippen molar-refractivity contribution in [2.75, 3.05) is 20.8 Å². The summed E-state index contributed by atoms with van der Waals surface area (Å²) in [7, 11) is 2.90. The van der Waals surface area contributed by atoms with Crippen LogP contribution in [0.15, 0.2) is 27.4 Å². The second kappa shape index (κ2) is 6.47. The van der Waals surface area contributed by atoms with Crippen molar-refractivity contribution in [1.29, 1.82) is 0 Å². The smallest absolute Gasteiger partial charge is 0.336 e. The first kappa shape index (κ1) is 17.1. The molecule has 23 heavy (non-hydrogen) atoms. The molecule has 1 aromatic heterocycles. The molecule has 1 unspecified atom stereocenters. The minimum Gasteiger partial charge on any atom is -0.492 e. The van der Waals surface area contributed by atoms with Gasteiger partial charge in [-0.2, -0.15) is 0 Å². The van der Waals surface area contributed by atoms with E-state index < -0.39 is 17.3 Å². The van der Waals surface area contributed by atoms with E-state index in [1.165, 1.54) is 40.2 Å². The Morgan fingerprint density at radius 2 is 1.87 bits per heavy atom. The van der Waals surface area contributed by atoms with E-state index in [1.54, 1.807) is 6.07 Å². The fourth-order valence-electron chi connectivity index (χ4n) is 2.02. The first-order valence-electron chi connectivity index (χ1n) is 7.00. The SMILES string of the molecule is COc1c(OCC(O)C(C)(C)O)cc2oc(=O)ccc2c1OC. The minimum absolute atomic E-state index is 0.175. The van der Waals surface area contributed by atoms with Crippen LogP contribution in [0.1, 0.15) is 13.8 Å². The lowest BCUT2D eigenvalue weighted by Crippen LogP contribution is -2.40. The summed E-state index contributed by atoms with van der Waals surface area (Å²) >= 11 is 0. The zero-order valence-corrected chi connectivity index (χ0v) is 13.5. The Bertz CT molecular complexity index is 742. The number of fused-ring (bicyclic) bond motifs is 1. The maximum Gasteiger partial charge on any atom is 0.336 e. The average molecular weight is 324 g/mol. The number of aliphatic hydroxyl groups is 2. The Morgan fingerprint density at radius 1 is 1.22 bits per heavy atom. The number of ether oxygens (including phenoxy) is 3. The molecule has 2 rings (SSSR count). The molecule has 0 fully saturated rings. The third kappa shape index (κ3) is 3.57. The number of aliphatic hydroxyl groups excluding tert-OH is 1. The van der Waals surface area contributed by atoms with Crippen molar-refractivity contribution in [2.24, 2.45) is 0 Å². The second-order valence-electron chi connectivity index (χ2n) is 5.59. The van der Waals surface area contributed by atoms with Gasteiger partial charge in [0.25, 0.3) is 0 Å². The number of methoxy groups -OCH3 is 2. The van der Waals surface area contributed by atoms with Gasteiger partial charge in [-0.1, -0.05) is 0 Å². The summed E-state index contributed by atoms with van der Waals surface area (Å²) in [5.74, 6) is 0.882. The fraction of sp³-hybridized carbons (Fsp3) is 0.438. The average Bonchev–Trinajstić information content (AvgIpc) is 2.49. The highest BCUT2D eigenvalue weighted by molar-refractivity contribution is 5.88. The Labute approximate surface area is 133 Å². The monoisotopic (exact) mass is 324 g/mol. The lowest BCUT2D eigenvalue weighted by molar-refractivity contribution is -0.0664. The van der Waals surface area contributed by atoms with Crippen LogP contribution in [0.2, 0.25) is 0 Å². The van der Waals surface area contributed by atoms with Crippen LogP contribution in [0, 0.1) is 0 Å². The largest absolute Gasteiger partial charge is 0.492 e. The zero-order chi connectivity index (χ0) is 17.2. The first-order valence-corrected chi connectivity index (χ1v) is 7.00. The number of benzene rings is 1. The van der Waals surface area contributed by atoms with Gasteiger partial charge in [0.2, 0.25) is 5.75 Å². The van der Waals surface area contributed by atoms with Crippen LogP contribution in [0.5, 0.6) is 17.2 Å². The molecule has 1 heterocycles. The molecule has 0 aliphatic heterocycles. The molecule has 0 aliphatic rings. The highest BCUT2D eigenvalue weighted by Gasteiger charge is 2.26. The van der Waals surface area contributed by atoms with Gasteiger partial charge in [0.1, 0.15) is 18.3 Å². The predicted octanol–water partition coefficient (Wildman–Crippen LogP) is 1.32. The van der Waals surface area contributed by atoms with Crippen LogP contribution >= 0.6 is 0 Å². The molecule has 7 heteroatoms. The molecule has 1 atom stereocenters. The zero-order valence-electron chi connectivity index (χ0n) is 13.5. The van der Waals surface area contributed by atoms with Gasteiger partial charge in [0, 0.05) is 12.1 Å². The van der Waals surface area contributed by atoms with Gasteiger partial charge in [-0.05, 0) is 19.9 Å². The van der Waals surface area contributed by atoms with Gasteiger partial charge < -0.3 is 28.8 Å². The summed E-state index contributed by atoms with van der Waals surface area (Å²) in [5, 5.41) is 20.2. The molecule has 0 aliphatic carbocycles. The maximum atomic E-state index is 11.4. The van der Waals surface area contributed by atoms with E-state index in [4.69, 9.17) is 18.6 Å². The molecule has 1 aromatic carbocycles. The Hall–Kier alpha value is -2.25. The van der Waals surface area contributed by atoms with Crippen molar-refractivity contribution < 1.29 is 28.8 Å². The molecule has 0 amide bonds. The lowest BCUT2D eigenvalue weighted by atomic mass is 10.0. The number of hydrogen-bond acceptors (Lipinski definition) is 7. The highest BCUT2D eigenvalue weighted by Crippen LogP contribution is 2.43.